The standard InChI is InChI=1S/C18H32N2O3.Na.H/c1-2-3-4-5-6-7-8-9-10-11-12-16(21)17(18(22)23)20-14-13-19-15-20;;/h16-17,21H,2-14H2,1H3;;/p+1/t16-,17?;;/m1../s1. The summed E-state index contributed by atoms with van der Waals surface area (Å²) < 4.78 is 0. The molecule has 0 saturated heterocycles. The van der Waals surface area contributed by atoms with E-state index >= 15 is 0 Å². The summed E-state index contributed by atoms with van der Waals surface area (Å²) in [6, 6.07) is -0.903. The van der Waals surface area contributed by atoms with Crippen molar-refractivity contribution in [2.45, 2.75) is 89.7 Å². The molecule has 0 spiro atoms. The summed E-state index contributed by atoms with van der Waals surface area (Å²) in [6.45, 7) is 3.33. The summed E-state index contributed by atoms with van der Waals surface area (Å²) in [4.78, 5) is 16.8. The molecule has 1 aliphatic heterocycles. The van der Waals surface area contributed by atoms with E-state index in [9.17, 15) is 15.0 Å². The predicted molar refractivity (Wildman–Crippen MR) is 99.9 cm³/mol. The molecule has 0 aromatic carbocycles. The van der Waals surface area contributed by atoms with Crippen molar-refractivity contribution in [1.82, 2.24) is 4.90 Å². The normalized spacial score (nSPS) is 15.3. The molecule has 0 saturated carbocycles. The Kier molecular flexibility index (Phi) is 14.8. The molecule has 5 nitrogen and oxygen atoms in total. The van der Waals surface area contributed by atoms with Crippen LogP contribution in [-0.2, 0) is 4.79 Å². The zero-order valence-electron chi connectivity index (χ0n) is 14.5. The number of unbranched alkanes of at least 4 members (excludes halogenated alkanes) is 9. The van der Waals surface area contributed by atoms with Gasteiger partial charge >= 0.3 is 41.7 Å². The second-order valence-electron chi connectivity index (χ2n) is 6.50. The second-order valence-corrected chi connectivity index (χ2v) is 6.50. The van der Waals surface area contributed by atoms with Crippen LogP contribution in [0.15, 0.2) is 0 Å². The molecule has 1 unspecified atom stereocenters. The molecule has 1 heterocycles. The Hall–Kier alpha value is -0.280. The van der Waals surface area contributed by atoms with Gasteiger partial charge < -0.3 is 10.2 Å². The van der Waals surface area contributed by atoms with Crippen molar-refractivity contribution in [3.63, 3.8) is 0 Å². The van der Waals surface area contributed by atoms with Crippen LogP contribution >= 0.6 is 0 Å². The topological polar surface area (TPSA) is 65.1 Å². The third kappa shape index (κ3) is 9.88. The van der Waals surface area contributed by atoms with Crippen LogP contribution in [0.1, 0.15) is 77.6 Å². The molecule has 0 radical (unpaired) electrons. The molecule has 0 aliphatic carbocycles. The first kappa shape index (κ1) is 23.7. The number of carbonyl (C=O) groups is 1. The van der Waals surface area contributed by atoms with Crippen molar-refractivity contribution in [2.24, 2.45) is 0 Å². The first-order chi connectivity index (χ1) is 11.2. The van der Waals surface area contributed by atoms with E-state index in [0.717, 1.165) is 12.8 Å². The van der Waals surface area contributed by atoms with Gasteiger partial charge in [0.1, 0.15) is 12.6 Å². The van der Waals surface area contributed by atoms with E-state index < -0.39 is 18.1 Å². The molecule has 6 heteroatoms. The number of hydrogen-bond acceptors (Lipinski definition) is 3. The van der Waals surface area contributed by atoms with Gasteiger partial charge in [0.05, 0.1) is 0 Å². The summed E-state index contributed by atoms with van der Waals surface area (Å²) in [5.74, 6) is -0.992. The molecular weight excluding hydrogens is 315 g/mol. The van der Waals surface area contributed by atoms with Crippen molar-refractivity contribution in [3.8, 4) is 6.19 Å². The molecular formula is C18H34N2NaO3+. The van der Waals surface area contributed by atoms with Crippen molar-refractivity contribution < 1.29 is 15.0 Å². The number of aliphatic hydroxyl groups is 1. The van der Waals surface area contributed by atoms with Crippen molar-refractivity contribution in [1.29, 1.82) is 0 Å². The molecule has 0 fully saturated rings. The predicted octanol–water partition coefficient (Wildman–Crippen LogP) is 3.07. The fourth-order valence-electron chi connectivity index (χ4n) is 3.05. The minimum absolute atomic E-state index is 0. The monoisotopic (exact) mass is 349 g/mol. The number of nitrogens with zero attached hydrogens (tertiary/aromatic N) is 2. The maximum atomic E-state index is 11.3. The average Bonchev–Trinajstić information content (AvgIpc) is 3.03. The average molecular weight is 349 g/mol. The Morgan fingerprint density at radius 2 is 1.62 bits per heavy atom. The van der Waals surface area contributed by atoms with Crippen molar-refractivity contribution >= 4 is 35.5 Å². The first-order valence-corrected chi connectivity index (χ1v) is 9.26. The fourth-order valence-corrected chi connectivity index (χ4v) is 3.05. The maximum absolute atomic E-state index is 11.3. The van der Waals surface area contributed by atoms with Gasteiger partial charge in [-0.25, -0.2) is 4.79 Å². The molecule has 1 rings (SSSR count). The second kappa shape index (κ2) is 15.0. The number of hydrogen-bond donors (Lipinski definition) is 2. The molecule has 0 amide bonds. The summed E-state index contributed by atoms with van der Waals surface area (Å²) in [7, 11) is 0. The quantitative estimate of drug-likeness (QED) is 0.287. The van der Waals surface area contributed by atoms with Crippen LogP contribution in [0.2, 0.25) is 0 Å². The number of aliphatic hydroxyl groups excluding tert-OH is 1. The van der Waals surface area contributed by atoms with Crippen molar-refractivity contribution in [2.75, 3.05) is 13.1 Å². The third-order valence-corrected chi connectivity index (χ3v) is 4.46. The number of rotatable bonds is 14. The fraction of sp³-hybridized carbons (Fsp3) is 0.889. The van der Waals surface area contributed by atoms with Crippen LogP contribution in [-0.4, -0.2) is 75.9 Å². The van der Waals surface area contributed by atoms with Crippen LogP contribution in [0.3, 0.4) is 0 Å². The van der Waals surface area contributed by atoms with Gasteiger partial charge in [0.25, 0.3) is 0 Å². The van der Waals surface area contributed by atoms with E-state index in [-0.39, 0.29) is 29.6 Å². The van der Waals surface area contributed by atoms with Crippen LogP contribution < -0.4 is 0 Å². The zero-order valence-corrected chi connectivity index (χ0v) is 14.5. The van der Waals surface area contributed by atoms with E-state index in [2.05, 4.69) is 18.0 Å². The Labute approximate surface area is 168 Å². The summed E-state index contributed by atoms with van der Waals surface area (Å²) >= 11 is 0. The molecule has 24 heavy (non-hydrogen) atoms. The van der Waals surface area contributed by atoms with Crippen molar-refractivity contribution in [3.05, 3.63) is 4.85 Å². The van der Waals surface area contributed by atoms with Gasteiger partial charge in [0.15, 0.2) is 0 Å². The third-order valence-electron chi connectivity index (χ3n) is 4.46. The number of carboxylic acid groups (broad SMARTS) is 1. The van der Waals surface area contributed by atoms with Gasteiger partial charge in [-0.3, -0.25) is 0 Å². The van der Waals surface area contributed by atoms with Crippen LogP contribution in [0, 0.1) is 6.19 Å². The van der Waals surface area contributed by atoms with Gasteiger partial charge in [0.2, 0.25) is 12.6 Å². The van der Waals surface area contributed by atoms with E-state index in [0.29, 0.717) is 19.5 Å². The Bertz CT molecular complexity index is 395. The molecule has 0 aromatic heterocycles. The van der Waals surface area contributed by atoms with Crippen LogP contribution in [0.25, 0.3) is 4.85 Å². The van der Waals surface area contributed by atoms with E-state index in [1.807, 2.05) is 0 Å². The van der Waals surface area contributed by atoms with E-state index in [1.54, 1.807) is 0 Å². The Morgan fingerprint density at radius 1 is 1.08 bits per heavy atom. The van der Waals surface area contributed by atoms with E-state index in [1.165, 1.54) is 56.3 Å². The zero-order chi connectivity index (χ0) is 16.9. The number of aliphatic carboxylic acids is 1. The molecule has 134 valence electrons. The summed E-state index contributed by atoms with van der Waals surface area (Å²) in [5.41, 5.74) is 0. The molecule has 2 atom stereocenters. The van der Waals surface area contributed by atoms with Gasteiger partial charge in [-0.1, -0.05) is 71.1 Å². The van der Waals surface area contributed by atoms with E-state index in [4.69, 9.17) is 0 Å². The van der Waals surface area contributed by atoms with Gasteiger partial charge in [-0.15, -0.1) is 0 Å². The summed E-state index contributed by atoms with van der Waals surface area (Å²) in [6.07, 6.45) is 14.7. The molecule has 0 aromatic rings. The van der Waals surface area contributed by atoms with Gasteiger partial charge in [-0.05, 0) is 6.42 Å². The summed E-state index contributed by atoms with van der Waals surface area (Å²) in [5, 5.41) is 19.4. The first-order valence-electron chi connectivity index (χ1n) is 9.26. The van der Waals surface area contributed by atoms with Gasteiger partial charge in [0, 0.05) is 0 Å². The number of carboxylic acids is 1. The Morgan fingerprint density at radius 3 is 2.08 bits per heavy atom. The molecule has 0 bridgehead atoms. The van der Waals surface area contributed by atoms with Crippen LogP contribution in [0.5, 0.6) is 0 Å². The van der Waals surface area contributed by atoms with Gasteiger partial charge in [-0.2, -0.15) is 9.74 Å². The SMILES string of the molecule is CCCCCCCCCCCC[C@@H](O)C(C(=O)O)N1C#[N+]CC1.[NaH]. The Balaban J connectivity index is 0.00000529. The molecule has 2 N–H and O–H groups in total. The van der Waals surface area contributed by atoms with Crippen LogP contribution in [0.4, 0.5) is 0 Å². The minimum atomic E-state index is -0.992. The molecule has 1 aliphatic rings.